The average Bonchev–Trinajstić information content (AvgIpc) is 3.39. The summed E-state index contributed by atoms with van der Waals surface area (Å²) in [5.74, 6) is -0.900. The summed E-state index contributed by atoms with van der Waals surface area (Å²) in [5.41, 5.74) is 0. The van der Waals surface area contributed by atoms with E-state index >= 15 is 0 Å². The molecule has 1 atom stereocenters. The van der Waals surface area contributed by atoms with Crippen LogP contribution in [-0.2, 0) is 28.6 Å². The van der Waals surface area contributed by atoms with Crippen LogP contribution >= 0.6 is 0 Å². The van der Waals surface area contributed by atoms with Gasteiger partial charge in [0, 0.05) is 19.3 Å². The molecule has 0 saturated heterocycles. The molecule has 0 unspecified atom stereocenters. The third kappa shape index (κ3) is 59.6. The van der Waals surface area contributed by atoms with Crippen molar-refractivity contribution in [3.8, 4) is 0 Å². The summed E-state index contributed by atoms with van der Waals surface area (Å²) in [6.07, 6.45) is 79.0. The Morgan fingerprint density at radius 3 is 0.849 bits per heavy atom. The van der Waals surface area contributed by atoms with Crippen LogP contribution in [0.15, 0.2) is 72.9 Å². The fourth-order valence-electron chi connectivity index (χ4n) is 8.95. The molecule has 0 heterocycles. The summed E-state index contributed by atoms with van der Waals surface area (Å²) in [4.78, 5) is 38.3. The highest BCUT2D eigenvalue weighted by Gasteiger charge is 2.19. The number of unbranched alkanes of at least 4 members (excludes halogenated alkanes) is 34. The maximum Gasteiger partial charge on any atom is 0.306 e. The topological polar surface area (TPSA) is 78.9 Å². The first kappa shape index (κ1) is 69.8. The molecule has 0 N–H and O–H groups in total. The van der Waals surface area contributed by atoms with Gasteiger partial charge in [0.25, 0.3) is 0 Å². The first-order valence-corrected chi connectivity index (χ1v) is 31.4. The predicted octanol–water partition coefficient (Wildman–Crippen LogP) is 21.3. The molecule has 0 aliphatic rings. The highest BCUT2D eigenvalue weighted by molar-refractivity contribution is 5.71. The van der Waals surface area contributed by atoms with Crippen molar-refractivity contribution in [1.82, 2.24) is 0 Å². The molecule has 0 aromatic carbocycles. The molecule has 0 saturated carbocycles. The SMILES string of the molecule is CC/C=C\C/C=C\C/C=C\C/C=C\CCCCCCC(=O)OC[C@H](COC(=O)CCCCCCCCC/C=C\CCCCCCCC)OC(=O)CCCCCCCCCCCCC/C=C\CCCCCCCC. The Morgan fingerprint density at radius 2 is 0.534 bits per heavy atom. The first-order valence-electron chi connectivity index (χ1n) is 31.4. The molecular weight excluding hydrogens is 901 g/mol. The zero-order chi connectivity index (χ0) is 52.9. The number of carbonyl (C=O) groups is 3. The van der Waals surface area contributed by atoms with E-state index in [1.807, 2.05) is 0 Å². The first-order chi connectivity index (χ1) is 36.0. The summed E-state index contributed by atoms with van der Waals surface area (Å²) < 4.78 is 16.9. The molecule has 0 rings (SSSR count). The second-order valence-electron chi connectivity index (χ2n) is 20.9. The summed E-state index contributed by atoms with van der Waals surface area (Å²) in [5, 5.41) is 0. The highest BCUT2D eigenvalue weighted by Crippen LogP contribution is 2.16. The predicted molar refractivity (Wildman–Crippen MR) is 316 cm³/mol. The van der Waals surface area contributed by atoms with Crippen LogP contribution in [0.1, 0.15) is 316 Å². The minimum absolute atomic E-state index is 0.0844. The van der Waals surface area contributed by atoms with E-state index in [2.05, 4.69) is 93.7 Å². The van der Waals surface area contributed by atoms with Gasteiger partial charge in [-0.25, -0.2) is 0 Å². The third-order valence-electron chi connectivity index (χ3n) is 13.7. The quantitative estimate of drug-likeness (QED) is 0.0261. The minimum atomic E-state index is -0.789. The van der Waals surface area contributed by atoms with Crippen LogP contribution in [0.25, 0.3) is 0 Å². The van der Waals surface area contributed by atoms with Gasteiger partial charge >= 0.3 is 17.9 Å². The van der Waals surface area contributed by atoms with Crippen molar-refractivity contribution in [2.45, 2.75) is 322 Å². The Hall–Kier alpha value is -3.15. The Balaban J connectivity index is 4.39. The van der Waals surface area contributed by atoms with Gasteiger partial charge in [0.05, 0.1) is 0 Å². The molecular formula is C67H118O6. The number of hydrogen-bond acceptors (Lipinski definition) is 6. The van der Waals surface area contributed by atoms with Gasteiger partial charge in [-0.1, -0.05) is 261 Å². The van der Waals surface area contributed by atoms with Crippen molar-refractivity contribution >= 4 is 17.9 Å². The molecule has 0 bridgehead atoms. The fourth-order valence-corrected chi connectivity index (χ4v) is 8.95. The smallest absolute Gasteiger partial charge is 0.306 e. The number of ether oxygens (including phenoxy) is 3. The summed E-state index contributed by atoms with van der Waals surface area (Å²) in [7, 11) is 0. The monoisotopic (exact) mass is 1020 g/mol. The van der Waals surface area contributed by atoms with Gasteiger partial charge in [0.1, 0.15) is 13.2 Å². The van der Waals surface area contributed by atoms with E-state index in [1.54, 1.807) is 0 Å². The van der Waals surface area contributed by atoms with E-state index in [4.69, 9.17) is 14.2 Å². The zero-order valence-corrected chi connectivity index (χ0v) is 48.4. The number of hydrogen-bond donors (Lipinski definition) is 0. The van der Waals surface area contributed by atoms with Crippen LogP contribution in [0, 0.1) is 0 Å². The van der Waals surface area contributed by atoms with Gasteiger partial charge in [-0.3, -0.25) is 14.4 Å². The minimum Gasteiger partial charge on any atom is -0.462 e. The van der Waals surface area contributed by atoms with Gasteiger partial charge < -0.3 is 14.2 Å². The van der Waals surface area contributed by atoms with Gasteiger partial charge in [0.2, 0.25) is 0 Å². The normalized spacial score (nSPS) is 12.5. The molecule has 0 aliphatic heterocycles. The van der Waals surface area contributed by atoms with Gasteiger partial charge in [0.15, 0.2) is 6.10 Å². The summed E-state index contributed by atoms with van der Waals surface area (Å²) >= 11 is 0. The largest absolute Gasteiger partial charge is 0.462 e. The lowest BCUT2D eigenvalue weighted by Gasteiger charge is -2.18. The van der Waals surface area contributed by atoms with Crippen molar-refractivity contribution in [2.24, 2.45) is 0 Å². The van der Waals surface area contributed by atoms with E-state index in [1.165, 1.54) is 180 Å². The van der Waals surface area contributed by atoms with Gasteiger partial charge in [-0.2, -0.15) is 0 Å². The van der Waals surface area contributed by atoms with Crippen molar-refractivity contribution < 1.29 is 28.6 Å². The highest BCUT2D eigenvalue weighted by atomic mass is 16.6. The van der Waals surface area contributed by atoms with Crippen LogP contribution in [-0.4, -0.2) is 37.2 Å². The van der Waals surface area contributed by atoms with Crippen LogP contribution in [0.3, 0.4) is 0 Å². The molecule has 0 amide bonds. The van der Waals surface area contributed by atoms with E-state index in [9.17, 15) is 14.4 Å². The summed E-state index contributed by atoms with van der Waals surface area (Å²) in [6, 6.07) is 0. The second kappa shape index (κ2) is 61.4. The molecule has 0 spiro atoms. The second-order valence-corrected chi connectivity index (χ2v) is 20.9. The Kier molecular flexibility index (Phi) is 58.7. The standard InChI is InChI=1S/C67H118O6/c1-4-7-10-13-16-19-22-25-28-31-32-33-34-37-40-43-46-49-52-55-58-61-67(70)73-64(62-71-65(68)59-56-53-50-47-44-41-38-35-29-26-23-20-17-14-11-8-5-2)63-72-66(69)60-57-54-51-48-45-42-39-36-30-27-24-21-18-15-12-9-6-3/h8,11,17,20,25-30,38,41,64H,4-7,9-10,12-16,18-19,21-24,31-37,39-40,42-63H2,1-3H3/b11-8-,20-17-,28-25-,29-26-,30-27-,41-38-/t64-/m1/s1. The number of rotatable bonds is 57. The van der Waals surface area contributed by atoms with Crippen molar-refractivity contribution in [2.75, 3.05) is 13.2 Å². The zero-order valence-electron chi connectivity index (χ0n) is 48.4. The maximum absolute atomic E-state index is 12.9. The van der Waals surface area contributed by atoms with Crippen LogP contribution in [0.2, 0.25) is 0 Å². The van der Waals surface area contributed by atoms with Crippen LogP contribution < -0.4 is 0 Å². The van der Waals surface area contributed by atoms with Crippen LogP contribution in [0.4, 0.5) is 0 Å². The van der Waals surface area contributed by atoms with E-state index in [0.29, 0.717) is 19.3 Å². The Morgan fingerprint density at radius 1 is 0.288 bits per heavy atom. The molecule has 6 nitrogen and oxygen atoms in total. The molecule has 0 fully saturated rings. The van der Waals surface area contributed by atoms with Gasteiger partial charge in [-0.05, 0) is 109 Å². The lowest BCUT2D eigenvalue weighted by atomic mass is 10.0. The van der Waals surface area contributed by atoms with E-state index < -0.39 is 6.10 Å². The molecule has 0 aromatic heterocycles. The number of allylic oxidation sites excluding steroid dienone is 12. The molecule has 0 radical (unpaired) electrons. The molecule has 6 heteroatoms. The molecule has 422 valence electrons. The summed E-state index contributed by atoms with van der Waals surface area (Å²) in [6.45, 7) is 6.53. The van der Waals surface area contributed by atoms with Crippen molar-refractivity contribution in [3.63, 3.8) is 0 Å². The molecule has 0 aliphatic carbocycles. The van der Waals surface area contributed by atoms with Crippen LogP contribution in [0.5, 0.6) is 0 Å². The lowest BCUT2D eigenvalue weighted by molar-refractivity contribution is -0.167. The van der Waals surface area contributed by atoms with E-state index in [0.717, 1.165) is 96.3 Å². The lowest BCUT2D eigenvalue weighted by Crippen LogP contribution is -2.30. The van der Waals surface area contributed by atoms with Crippen molar-refractivity contribution in [1.29, 1.82) is 0 Å². The van der Waals surface area contributed by atoms with Gasteiger partial charge in [-0.15, -0.1) is 0 Å². The van der Waals surface area contributed by atoms with Crippen molar-refractivity contribution in [3.05, 3.63) is 72.9 Å². The molecule has 73 heavy (non-hydrogen) atoms. The Labute approximate surface area is 453 Å². The average molecular weight is 1020 g/mol. The third-order valence-corrected chi connectivity index (χ3v) is 13.7. The maximum atomic E-state index is 12.9. The number of esters is 3. The van der Waals surface area contributed by atoms with E-state index in [-0.39, 0.29) is 31.1 Å². The molecule has 0 aromatic rings. The fraction of sp³-hybridized carbons (Fsp3) is 0.776. The number of carbonyl (C=O) groups excluding carboxylic acids is 3. The Bertz CT molecular complexity index is 1360.